The number of hydrogen-bond acceptors (Lipinski definition) is 3. The summed E-state index contributed by atoms with van der Waals surface area (Å²) < 4.78 is 38.4. The maximum Gasteiger partial charge on any atom is 0.416 e. The van der Waals surface area contributed by atoms with Crippen LogP contribution in [0.25, 0.3) is 11.3 Å². The van der Waals surface area contributed by atoms with Gasteiger partial charge in [0.1, 0.15) is 5.82 Å². The molecule has 0 amide bonds. The van der Waals surface area contributed by atoms with E-state index >= 15 is 0 Å². The lowest BCUT2D eigenvalue weighted by atomic mass is 10.1. The van der Waals surface area contributed by atoms with E-state index in [2.05, 4.69) is 15.3 Å². The highest BCUT2D eigenvalue weighted by molar-refractivity contribution is 5.63. The maximum absolute atomic E-state index is 12.8. The first-order chi connectivity index (χ1) is 8.90. The number of halogens is 3. The van der Waals surface area contributed by atoms with Gasteiger partial charge in [-0.2, -0.15) is 13.2 Å². The van der Waals surface area contributed by atoms with Gasteiger partial charge < -0.3 is 5.32 Å². The SMILES string of the molecule is CNc1cc(C(F)(F)F)cc(-c2ccnc(C)c2)n1. The van der Waals surface area contributed by atoms with E-state index < -0.39 is 11.7 Å². The van der Waals surface area contributed by atoms with E-state index in [0.29, 0.717) is 5.56 Å². The Balaban J connectivity index is 2.57. The standard InChI is InChI=1S/C13H12F3N3/c1-8-5-9(3-4-18-8)11-6-10(13(14,15)16)7-12(17-2)19-11/h3-7H,1-2H3,(H,17,19). The quantitative estimate of drug-likeness (QED) is 0.904. The molecule has 0 spiro atoms. The Morgan fingerprint density at radius 1 is 1.16 bits per heavy atom. The fourth-order valence-electron chi connectivity index (χ4n) is 1.68. The van der Waals surface area contributed by atoms with Crippen molar-refractivity contribution in [2.24, 2.45) is 0 Å². The van der Waals surface area contributed by atoms with Crippen molar-refractivity contribution in [3.63, 3.8) is 0 Å². The van der Waals surface area contributed by atoms with Crippen molar-refractivity contribution in [1.82, 2.24) is 9.97 Å². The van der Waals surface area contributed by atoms with Crippen LogP contribution in [0.4, 0.5) is 19.0 Å². The summed E-state index contributed by atoms with van der Waals surface area (Å²) in [5.41, 5.74) is 0.874. The first-order valence-electron chi connectivity index (χ1n) is 5.60. The lowest BCUT2D eigenvalue weighted by Gasteiger charge is -2.11. The molecule has 0 aliphatic carbocycles. The Hall–Kier alpha value is -2.11. The molecule has 0 unspecified atom stereocenters. The van der Waals surface area contributed by atoms with Crippen molar-refractivity contribution in [3.05, 3.63) is 41.7 Å². The summed E-state index contributed by atoms with van der Waals surface area (Å²) >= 11 is 0. The highest BCUT2D eigenvalue weighted by Crippen LogP contribution is 2.33. The van der Waals surface area contributed by atoms with Crippen LogP contribution in [-0.4, -0.2) is 17.0 Å². The predicted octanol–water partition coefficient (Wildman–Crippen LogP) is 3.51. The van der Waals surface area contributed by atoms with E-state index in [9.17, 15) is 13.2 Å². The fourth-order valence-corrected chi connectivity index (χ4v) is 1.68. The number of aromatic nitrogens is 2. The smallest absolute Gasteiger partial charge is 0.373 e. The molecule has 0 aliphatic rings. The normalized spacial score (nSPS) is 11.4. The molecule has 2 heterocycles. The first kappa shape index (κ1) is 13.3. The van der Waals surface area contributed by atoms with Crippen molar-refractivity contribution >= 4 is 5.82 Å². The summed E-state index contributed by atoms with van der Waals surface area (Å²) in [4.78, 5) is 8.15. The minimum atomic E-state index is -4.40. The highest BCUT2D eigenvalue weighted by atomic mass is 19.4. The predicted molar refractivity (Wildman–Crippen MR) is 66.8 cm³/mol. The Kier molecular flexibility index (Phi) is 3.42. The van der Waals surface area contributed by atoms with Gasteiger partial charge in [0, 0.05) is 24.5 Å². The molecule has 0 fully saturated rings. The van der Waals surface area contributed by atoms with Crippen LogP contribution in [0.1, 0.15) is 11.3 Å². The van der Waals surface area contributed by atoms with Crippen LogP contribution in [0.3, 0.4) is 0 Å². The van der Waals surface area contributed by atoms with Crippen LogP contribution in [0.15, 0.2) is 30.5 Å². The molecule has 2 aromatic rings. The van der Waals surface area contributed by atoms with E-state index in [1.54, 1.807) is 25.3 Å². The second-order valence-corrected chi connectivity index (χ2v) is 4.06. The molecule has 0 radical (unpaired) electrons. The second-order valence-electron chi connectivity index (χ2n) is 4.06. The van der Waals surface area contributed by atoms with Crippen LogP contribution >= 0.6 is 0 Å². The molecule has 6 heteroatoms. The molecule has 0 saturated heterocycles. The minimum absolute atomic E-state index is 0.180. The summed E-state index contributed by atoms with van der Waals surface area (Å²) in [6, 6.07) is 5.35. The number of anilines is 1. The number of nitrogens with one attached hydrogen (secondary N) is 1. The Bertz CT molecular complexity index is 594. The van der Waals surface area contributed by atoms with Gasteiger partial charge in [-0.15, -0.1) is 0 Å². The third kappa shape index (κ3) is 3.01. The van der Waals surface area contributed by atoms with Crippen LogP contribution < -0.4 is 5.32 Å². The number of rotatable bonds is 2. The molecular formula is C13H12F3N3. The Morgan fingerprint density at radius 3 is 2.47 bits per heavy atom. The lowest BCUT2D eigenvalue weighted by Crippen LogP contribution is -2.07. The maximum atomic E-state index is 12.8. The minimum Gasteiger partial charge on any atom is -0.373 e. The van der Waals surface area contributed by atoms with Gasteiger partial charge in [0.15, 0.2) is 0 Å². The number of aryl methyl sites for hydroxylation is 1. The lowest BCUT2D eigenvalue weighted by molar-refractivity contribution is -0.137. The summed E-state index contributed by atoms with van der Waals surface area (Å²) in [5.74, 6) is 0.180. The largest absolute Gasteiger partial charge is 0.416 e. The molecule has 0 saturated carbocycles. The molecular weight excluding hydrogens is 255 g/mol. The molecule has 3 nitrogen and oxygen atoms in total. The zero-order valence-electron chi connectivity index (χ0n) is 10.4. The van der Waals surface area contributed by atoms with Crippen molar-refractivity contribution in [1.29, 1.82) is 0 Å². The molecule has 19 heavy (non-hydrogen) atoms. The van der Waals surface area contributed by atoms with E-state index in [4.69, 9.17) is 0 Å². The first-order valence-corrected chi connectivity index (χ1v) is 5.60. The summed E-state index contributed by atoms with van der Waals surface area (Å²) in [5, 5.41) is 2.64. The summed E-state index contributed by atoms with van der Waals surface area (Å²) in [7, 11) is 1.53. The average molecular weight is 267 g/mol. The van der Waals surface area contributed by atoms with Gasteiger partial charge in [-0.1, -0.05) is 0 Å². The summed E-state index contributed by atoms with van der Waals surface area (Å²) in [6.07, 6.45) is -2.85. The van der Waals surface area contributed by atoms with Gasteiger partial charge in [0.2, 0.25) is 0 Å². The van der Waals surface area contributed by atoms with Gasteiger partial charge in [-0.3, -0.25) is 4.98 Å². The molecule has 1 N–H and O–H groups in total. The Labute approximate surface area is 108 Å². The zero-order valence-corrected chi connectivity index (χ0v) is 10.4. The molecule has 100 valence electrons. The summed E-state index contributed by atoms with van der Waals surface area (Å²) in [6.45, 7) is 1.77. The molecule has 0 bridgehead atoms. The van der Waals surface area contributed by atoms with E-state index in [1.165, 1.54) is 7.05 Å². The van der Waals surface area contributed by atoms with Gasteiger partial charge in [0.25, 0.3) is 0 Å². The number of alkyl halides is 3. The average Bonchev–Trinajstić information content (AvgIpc) is 2.37. The number of hydrogen-bond donors (Lipinski definition) is 1. The van der Waals surface area contributed by atoms with Crippen molar-refractivity contribution in [2.45, 2.75) is 13.1 Å². The van der Waals surface area contributed by atoms with Crippen molar-refractivity contribution < 1.29 is 13.2 Å². The molecule has 2 rings (SSSR count). The number of pyridine rings is 2. The topological polar surface area (TPSA) is 37.8 Å². The fraction of sp³-hybridized carbons (Fsp3) is 0.231. The third-order valence-corrected chi connectivity index (χ3v) is 2.60. The highest BCUT2D eigenvalue weighted by Gasteiger charge is 2.31. The van der Waals surface area contributed by atoms with Crippen LogP contribution in [0.5, 0.6) is 0 Å². The van der Waals surface area contributed by atoms with E-state index in [0.717, 1.165) is 17.8 Å². The monoisotopic (exact) mass is 267 g/mol. The third-order valence-electron chi connectivity index (χ3n) is 2.60. The van der Waals surface area contributed by atoms with Crippen LogP contribution in [-0.2, 0) is 6.18 Å². The van der Waals surface area contributed by atoms with E-state index in [-0.39, 0.29) is 11.5 Å². The molecule has 0 aliphatic heterocycles. The van der Waals surface area contributed by atoms with Crippen molar-refractivity contribution in [3.8, 4) is 11.3 Å². The van der Waals surface area contributed by atoms with Gasteiger partial charge in [-0.05, 0) is 31.2 Å². The van der Waals surface area contributed by atoms with Gasteiger partial charge in [-0.25, -0.2) is 4.98 Å². The van der Waals surface area contributed by atoms with Crippen LogP contribution in [0.2, 0.25) is 0 Å². The molecule has 0 atom stereocenters. The Morgan fingerprint density at radius 2 is 1.89 bits per heavy atom. The van der Waals surface area contributed by atoms with E-state index in [1.807, 2.05) is 0 Å². The molecule has 0 aromatic carbocycles. The molecule has 2 aromatic heterocycles. The number of nitrogens with zero attached hydrogens (tertiary/aromatic N) is 2. The van der Waals surface area contributed by atoms with Gasteiger partial charge in [0.05, 0.1) is 11.3 Å². The van der Waals surface area contributed by atoms with Crippen LogP contribution in [0, 0.1) is 6.92 Å². The van der Waals surface area contributed by atoms with Gasteiger partial charge >= 0.3 is 6.18 Å². The second kappa shape index (κ2) is 4.87. The van der Waals surface area contributed by atoms with Crippen molar-refractivity contribution in [2.75, 3.05) is 12.4 Å². The zero-order chi connectivity index (χ0) is 14.0.